The molecular weight excluding hydrogens is 456 g/mol. The van der Waals surface area contributed by atoms with Crippen molar-refractivity contribution in [3.8, 4) is 5.75 Å². The van der Waals surface area contributed by atoms with E-state index in [2.05, 4.69) is 20.0 Å². The van der Waals surface area contributed by atoms with Gasteiger partial charge in [-0.15, -0.1) is 0 Å². The first kappa shape index (κ1) is 24.0. The molecule has 34 heavy (non-hydrogen) atoms. The lowest BCUT2D eigenvalue weighted by Gasteiger charge is -2.28. The van der Waals surface area contributed by atoms with Crippen LogP contribution in [0.25, 0.3) is 11.0 Å². The molecule has 1 aliphatic carbocycles. The summed E-state index contributed by atoms with van der Waals surface area (Å²) in [5.74, 6) is 0.898. The van der Waals surface area contributed by atoms with Crippen LogP contribution in [0.5, 0.6) is 5.75 Å². The van der Waals surface area contributed by atoms with Crippen LogP contribution in [0.3, 0.4) is 0 Å². The van der Waals surface area contributed by atoms with Crippen LogP contribution in [0, 0.1) is 5.92 Å². The molecule has 0 radical (unpaired) electrons. The summed E-state index contributed by atoms with van der Waals surface area (Å²) in [5, 5.41) is 3.17. The molecule has 2 aromatic carbocycles. The van der Waals surface area contributed by atoms with Crippen LogP contribution in [0.1, 0.15) is 39.5 Å². The Balaban J connectivity index is 1.41. The van der Waals surface area contributed by atoms with Gasteiger partial charge in [0.15, 0.2) is 0 Å². The normalized spacial score (nSPS) is 18.7. The second-order valence-electron chi connectivity index (χ2n) is 8.77. The number of nitrogens with zero attached hydrogens (tertiary/aromatic N) is 1. The third kappa shape index (κ3) is 5.68. The fraction of sp³-hybridized carbons (Fsp3) is 0.417. The van der Waals surface area contributed by atoms with E-state index in [0.29, 0.717) is 37.1 Å². The second kappa shape index (κ2) is 10.0. The molecule has 0 bridgehead atoms. The van der Waals surface area contributed by atoms with Gasteiger partial charge in [-0.2, -0.15) is 0 Å². The van der Waals surface area contributed by atoms with Crippen molar-refractivity contribution in [3.63, 3.8) is 0 Å². The van der Waals surface area contributed by atoms with Gasteiger partial charge in [-0.1, -0.05) is 0 Å². The number of esters is 1. The van der Waals surface area contributed by atoms with E-state index < -0.39 is 10.0 Å². The van der Waals surface area contributed by atoms with Crippen molar-refractivity contribution in [2.45, 2.75) is 56.6 Å². The van der Waals surface area contributed by atoms with Gasteiger partial charge in [-0.05, 0) is 82.0 Å². The summed E-state index contributed by atoms with van der Waals surface area (Å²) < 4.78 is 39.2. The van der Waals surface area contributed by atoms with Crippen LogP contribution < -0.4 is 14.8 Å². The molecule has 0 spiro atoms. The van der Waals surface area contributed by atoms with Gasteiger partial charge in [0.25, 0.3) is 0 Å². The third-order valence-corrected chi connectivity index (χ3v) is 7.37. The fourth-order valence-electron chi connectivity index (χ4n) is 4.09. The van der Waals surface area contributed by atoms with Crippen molar-refractivity contribution >= 4 is 38.7 Å². The van der Waals surface area contributed by atoms with Gasteiger partial charge in [-0.3, -0.25) is 4.79 Å². The lowest BCUT2D eigenvalue weighted by molar-refractivity contribution is -0.153. The van der Waals surface area contributed by atoms with E-state index in [1.807, 2.05) is 38.1 Å². The number of anilines is 2. The van der Waals surface area contributed by atoms with E-state index in [1.54, 1.807) is 25.3 Å². The number of imidazole rings is 1. The van der Waals surface area contributed by atoms with Gasteiger partial charge < -0.3 is 19.8 Å². The van der Waals surface area contributed by atoms with Gasteiger partial charge in [0, 0.05) is 11.7 Å². The smallest absolute Gasteiger partial charge is 0.309 e. The summed E-state index contributed by atoms with van der Waals surface area (Å²) in [6, 6.07) is 12.0. The van der Waals surface area contributed by atoms with Crippen LogP contribution in [-0.2, 0) is 19.6 Å². The van der Waals surface area contributed by atoms with Crippen molar-refractivity contribution in [3.05, 3.63) is 42.5 Å². The van der Waals surface area contributed by atoms with Gasteiger partial charge >= 0.3 is 5.97 Å². The first-order valence-electron chi connectivity index (χ1n) is 11.4. The molecule has 9 nitrogen and oxygen atoms in total. The van der Waals surface area contributed by atoms with Crippen LogP contribution in [-0.4, -0.2) is 43.6 Å². The predicted molar refractivity (Wildman–Crippen MR) is 130 cm³/mol. The number of hydrogen-bond donors (Lipinski definition) is 3. The minimum atomic E-state index is -3.72. The number of sulfonamides is 1. The number of ether oxygens (including phenoxy) is 2. The number of carbonyl (C=O) groups excluding carboxylic acids is 1. The molecule has 1 aliphatic rings. The molecule has 0 atom stereocenters. The number of methoxy groups -OCH3 is 1. The molecule has 4 rings (SSSR count). The molecule has 0 saturated heterocycles. The van der Waals surface area contributed by atoms with E-state index in [9.17, 15) is 13.2 Å². The Labute approximate surface area is 199 Å². The Morgan fingerprint density at radius 2 is 1.79 bits per heavy atom. The topological polar surface area (TPSA) is 122 Å². The van der Waals surface area contributed by atoms with Crippen molar-refractivity contribution < 1.29 is 22.7 Å². The number of hydrogen-bond acceptors (Lipinski definition) is 7. The Morgan fingerprint density at radius 3 is 2.44 bits per heavy atom. The molecule has 0 aliphatic heterocycles. The zero-order valence-corrected chi connectivity index (χ0v) is 20.3. The predicted octanol–water partition coefficient (Wildman–Crippen LogP) is 4.10. The number of benzene rings is 2. The monoisotopic (exact) mass is 486 g/mol. The van der Waals surface area contributed by atoms with E-state index in [4.69, 9.17) is 9.47 Å². The zero-order valence-electron chi connectivity index (χ0n) is 19.5. The lowest BCUT2D eigenvalue weighted by Crippen LogP contribution is -2.39. The van der Waals surface area contributed by atoms with E-state index in [0.717, 1.165) is 17.0 Å². The molecule has 182 valence electrons. The summed E-state index contributed by atoms with van der Waals surface area (Å²) >= 11 is 0. The van der Waals surface area contributed by atoms with Crippen LogP contribution in [0.2, 0.25) is 0 Å². The molecular formula is C24H30N4O5S. The molecule has 1 aromatic heterocycles. The van der Waals surface area contributed by atoms with Crippen LogP contribution in [0.15, 0.2) is 47.4 Å². The highest BCUT2D eigenvalue weighted by Gasteiger charge is 2.30. The van der Waals surface area contributed by atoms with Crippen molar-refractivity contribution in [1.29, 1.82) is 0 Å². The summed E-state index contributed by atoms with van der Waals surface area (Å²) in [6.07, 6.45) is 2.26. The maximum absolute atomic E-state index is 13.0. The average Bonchev–Trinajstić information content (AvgIpc) is 3.21. The third-order valence-electron chi connectivity index (χ3n) is 5.85. The summed E-state index contributed by atoms with van der Waals surface area (Å²) in [5.41, 5.74) is 2.08. The zero-order chi connectivity index (χ0) is 24.3. The highest BCUT2D eigenvalue weighted by atomic mass is 32.2. The first-order chi connectivity index (χ1) is 16.2. The highest BCUT2D eigenvalue weighted by Crippen LogP contribution is 2.28. The summed E-state index contributed by atoms with van der Waals surface area (Å²) in [6.45, 7) is 3.65. The number of aromatic amines is 1. The van der Waals surface area contributed by atoms with Crippen molar-refractivity contribution in [1.82, 2.24) is 14.7 Å². The molecule has 3 aromatic rings. The average molecular weight is 487 g/mol. The Morgan fingerprint density at radius 1 is 1.09 bits per heavy atom. The summed E-state index contributed by atoms with van der Waals surface area (Å²) in [7, 11) is -2.11. The maximum Gasteiger partial charge on any atom is 0.309 e. The number of H-pyrrole nitrogens is 1. The molecule has 0 unspecified atom stereocenters. The van der Waals surface area contributed by atoms with Crippen molar-refractivity contribution in [2.75, 3.05) is 12.4 Å². The number of rotatable bonds is 8. The van der Waals surface area contributed by atoms with Gasteiger partial charge in [-0.25, -0.2) is 18.1 Å². The molecule has 1 saturated carbocycles. The minimum Gasteiger partial charge on any atom is -0.497 e. The first-order valence-corrected chi connectivity index (χ1v) is 12.9. The Bertz CT molecular complexity index is 1250. The van der Waals surface area contributed by atoms with Crippen LogP contribution in [0.4, 0.5) is 11.6 Å². The van der Waals surface area contributed by atoms with Gasteiger partial charge in [0.1, 0.15) is 5.75 Å². The number of carbonyl (C=O) groups is 1. The molecule has 3 N–H and O–H groups in total. The Hall–Kier alpha value is -3.11. The fourth-order valence-corrected chi connectivity index (χ4v) is 5.41. The van der Waals surface area contributed by atoms with Gasteiger partial charge in [0.2, 0.25) is 16.0 Å². The molecule has 10 heteroatoms. The minimum absolute atomic E-state index is 0.146. The molecule has 1 heterocycles. The molecule has 1 fully saturated rings. The largest absolute Gasteiger partial charge is 0.497 e. The molecule has 0 amide bonds. The number of aromatic nitrogens is 2. The quantitative estimate of drug-likeness (QED) is 0.410. The number of nitrogens with one attached hydrogen (secondary N) is 3. The second-order valence-corrected chi connectivity index (χ2v) is 10.5. The van der Waals surface area contributed by atoms with Crippen LogP contribution >= 0.6 is 0 Å². The SMILES string of the molecule is COc1ccc(Nc2nc3cc(S(=O)(=O)N[C@H]4CC[C@H](C(=O)OC(C)C)CC4)ccc3[nH]2)cc1. The van der Waals surface area contributed by atoms with E-state index in [1.165, 1.54) is 0 Å². The Kier molecular flexibility index (Phi) is 7.08. The lowest BCUT2D eigenvalue weighted by atomic mass is 9.86. The van der Waals surface area contributed by atoms with E-state index in [-0.39, 0.29) is 28.9 Å². The van der Waals surface area contributed by atoms with Gasteiger partial charge in [0.05, 0.1) is 35.1 Å². The highest BCUT2D eigenvalue weighted by molar-refractivity contribution is 7.89. The standard InChI is InChI=1S/C24H30N4O5S/c1-15(2)33-23(29)16-4-6-18(7-5-16)28-34(30,31)20-12-13-21-22(14-20)27-24(26-21)25-17-8-10-19(32-3)11-9-17/h8-16,18,28H,4-7H2,1-3H3,(H2,25,26,27)/t16-,18-. The van der Waals surface area contributed by atoms with Crippen molar-refractivity contribution in [2.24, 2.45) is 5.92 Å². The summed E-state index contributed by atoms with van der Waals surface area (Å²) in [4.78, 5) is 19.9. The maximum atomic E-state index is 13.0. The number of fused-ring (bicyclic) bond motifs is 1. The van der Waals surface area contributed by atoms with E-state index >= 15 is 0 Å².